The van der Waals surface area contributed by atoms with E-state index in [1.165, 1.54) is 6.33 Å². The second-order valence-corrected chi connectivity index (χ2v) is 6.29. The van der Waals surface area contributed by atoms with Gasteiger partial charge in [0, 0.05) is 21.6 Å². The summed E-state index contributed by atoms with van der Waals surface area (Å²) >= 11 is 12.2. The maximum absolute atomic E-state index is 12.7. The summed E-state index contributed by atoms with van der Waals surface area (Å²) in [7, 11) is 0. The predicted octanol–water partition coefficient (Wildman–Crippen LogP) is 4.30. The van der Waals surface area contributed by atoms with Crippen LogP contribution in [-0.2, 0) is 6.54 Å². The van der Waals surface area contributed by atoms with Gasteiger partial charge in [-0.2, -0.15) is 0 Å². The van der Waals surface area contributed by atoms with E-state index in [0.717, 1.165) is 16.5 Å². The molecule has 6 heteroatoms. The number of halogens is 2. The highest BCUT2D eigenvalue weighted by molar-refractivity contribution is 6.35. The van der Waals surface area contributed by atoms with Gasteiger partial charge in [0.25, 0.3) is 5.56 Å². The van der Waals surface area contributed by atoms with E-state index in [9.17, 15) is 4.79 Å². The van der Waals surface area contributed by atoms with Gasteiger partial charge in [0.15, 0.2) is 0 Å². The minimum atomic E-state index is -0.115. The molecule has 0 N–H and O–H groups in total. The molecule has 0 radical (unpaired) electrons. The molecule has 0 fully saturated rings. The predicted molar refractivity (Wildman–Crippen MR) is 96.9 cm³/mol. The molecular weight excluding hydrogens is 345 g/mol. The van der Waals surface area contributed by atoms with Crippen molar-refractivity contribution in [2.75, 3.05) is 0 Å². The number of hydrogen-bond acceptors (Lipinski definition) is 3. The van der Waals surface area contributed by atoms with Gasteiger partial charge in [0.1, 0.15) is 0 Å². The Morgan fingerprint density at radius 3 is 2.75 bits per heavy atom. The van der Waals surface area contributed by atoms with Crippen molar-refractivity contribution in [3.8, 4) is 0 Å². The summed E-state index contributed by atoms with van der Waals surface area (Å²) in [6, 6.07) is 12.5. The highest BCUT2D eigenvalue weighted by atomic mass is 35.5. The molecular formula is C18H11Cl2N3O. The Hall–Kier alpha value is -2.43. The number of hydrogen-bond donors (Lipinski definition) is 0. The Kier molecular flexibility index (Phi) is 3.71. The number of nitrogens with zero attached hydrogens (tertiary/aromatic N) is 3. The van der Waals surface area contributed by atoms with Gasteiger partial charge in [0.05, 0.1) is 29.3 Å². The molecule has 2 aromatic carbocycles. The molecule has 24 heavy (non-hydrogen) atoms. The van der Waals surface area contributed by atoms with Crippen molar-refractivity contribution in [1.82, 2.24) is 14.5 Å². The van der Waals surface area contributed by atoms with E-state index in [2.05, 4.69) is 9.97 Å². The van der Waals surface area contributed by atoms with Crippen LogP contribution in [0.15, 0.2) is 59.8 Å². The molecule has 4 nitrogen and oxygen atoms in total. The van der Waals surface area contributed by atoms with Crippen LogP contribution in [0.4, 0.5) is 0 Å². The van der Waals surface area contributed by atoms with Crippen molar-refractivity contribution >= 4 is 45.0 Å². The van der Waals surface area contributed by atoms with Gasteiger partial charge in [-0.1, -0.05) is 29.3 Å². The van der Waals surface area contributed by atoms with Gasteiger partial charge >= 0.3 is 0 Å². The minimum Gasteiger partial charge on any atom is -0.294 e. The summed E-state index contributed by atoms with van der Waals surface area (Å²) in [6.45, 7) is 0.370. The molecule has 0 aliphatic heterocycles. The van der Waals surface area contributed by atoms with Crippen LogP contribution < -0.4 is 5.56 Å². The Morgan fingerprint density at radius 2 is 1.88 bits per heavy atom. The van der Waals surface area contributed by atoms with Crippen molar-refractivity contribution < 1.29 is 0 Å². The SMILES string of the molecule is O=c1c2ccc(Cl)cc2ncn1Cc1ccc(Cl)c2cccnc12. The molecule has 4 aromatic rings. The highest BCUT2D eigenvalue weighted by Crippen LogP contribution is 2.25. The van der Waals surface area contributed by atoms with Crippen LogP contribution in [0.25, 0.3) is 21.8 Å². The first-order valence-electron chi connectivity index (χ1n) is 7.30. The lowest BCUT2D eigenvalue weighted by molar-refractivity contribution is 0.751. The van der Waals surface area contributed by atoms with Crippen LogP contribution in [0, 0.1) is 0 Å². The summed E-state index contributed by atoms with van der Waals surface area (Å²) in [5, 5.41) is 2.60. The number of aromatic nitrogens is 3. The molecule has 0 spiro atoms. The van der Waals surface area contributed by atoms with Crippen LogP contribution in [0.1, 0.15) is 5.56 Å². The Balaban J connectivity index is 1.86. The van der Waals surface area contributed by atoms with E-state index in [0.29, 0.717) is 27.5 Å². The van der Waals surface area contributed by atoms with E-state index in [1.54, 1.807) is 29.0 Å². The maximum atomic E-state index is 12.7. The summed E-state index contributed by atoms with van der Waals surface area (Å²) in [6.07, 6.45) is 3.25. The molecule has 118 valence electrons. The fourth-order valence-electron chi connectivity index (χ4n) is 2.75. The number of pyridine rings is 1. The van der Waals surface area contributed by atoms with Gasteiger partial charge in [-0.3, -0.25) is 14.3 Å². The zero-order chi connectivity index (χ0) is 16.7. The number of fused-ring (bicyclic) bond motifs is 2. The zero-order valence-corrected chi connectivity index (χ0v) is 13.9. The lowest BCUT2D eigenvalue weighted by Gasteiger charge is -2.10. The van der Waals surface area contributed by atoms with Crippen molar-refractivity contribution in [3.05, 3.63) is 81.0 Å². The Bertz CT molecular complexity index is 1140. The minimum absolute atomic E-state index is 0.115. The van der Waals surface area contributed by atoms with E-state index in [-0.39, 0.29) is 5.56 Å². The molecule has 0 saturated carbocycles. The Morgan fingerprint density at radius 1 is 1.00 bits per heavy atom. The number of rotatable bonds is 2. The van der Waals surface area contributed by atoms with Crippen LogP contribution in [0.5, 0.6) is 0 Å². The van der Waals surface area contributed by atoms with Crippen molar-refractivity contribution in [1.29, 1.82) is 0 Å². The molecule has 0 bridgehead atoms. The van der Waals surface area contributed by atoms with E-state index in [1.807, 2.05) is 24.3 Å². The second kappa shape index (κ2) is 5.89. The largest absolute Gasteiger partial charge is 0.294 e. The van der Waals surface area contributed by atoms with Crippen molar-refractivity contribution in [2.45, 2.75) is 6.54 Å². The first kappa shape index (κ1) is 15.1. The monoisotopic (exact) mass is 355 g/mol. The van der Waals surface area contributed by atoms with Crippen LogP contribution in [0.3, 0.4) is 0 Å². The van der Waals surface area contributed by atoms with Crippen molar-refractivity contribution in [3.63, 3.8) is 0 Å². The van der Waals surface area contributed by atoms with Crippen LogP contribution in [0.2, 0.25) is 10.0 Å². The highest BCUT2D eigenvalue weighted by Gasteiger charge is 2.09. The molecule has 2 heterocycles. The summed E-state index contributed by atoms with van der Waals surface area (Å²) in [4.78, 5) is 21.4. The standard InChI is InChI=1S/C18H11Cl2N3O/c19-12-4-5-14-16(8-12)22-10-23(18(14)24)9-11-3-6-15(20)13-2-1-7-21-17(11)13/h1-8,10H,9H2. The fourth-order valence-corrected chi connectivity index (χ4v) is 3.13. The van der Waals surface area contributed by atoms with E-state index in [4.69, 9.17) is 23.2 Å². The first-order valence-corrected chi connectivity index (χ1v) is 8.06. The van der Waals surface area contributed by atoms with E-state index < -0.39 is 0 Å². The smallest absolute Gasteiger partial charge is 0.261 e. The lowest BCUT2D eigenvalue weighted by Crippen LogP contribution is -2.21. The molecule has 0 unspecified atom stereocenters. The van der Waals surface area contributed by atoms with Gasteiger partial charge in [-0.05, 0) is 42.0 Å². The summed E-state index contributed by atoms with van der Waals surface area (Å²) < 4.78 is 1.56. The summed E-state index contributed by atoms with van der Waals surface area (Å²) in [5.41, 5.74) is 2.17. The topological polar surface area (TPSA) is 47.8 Å². The fraction of sp³-hybridized carbons (Fsp3) is 0.0556. The second-order valence-electron chi connectivity index (χ2n) is 5.45. The summed E-state index contributed by atoms with van der Waals surface area (Å²) in [5.74, 6) is 0. The van der Waals surface area contributed by atoms with Crippen LogP contribution in [-0.4, -0.2) is 14.5 Å². The molecule has 2 aromatic heterocycles. The lowest BCUT2D eigenvalue weighted by atomic mass is 10.1. The normalized spacial score (nSPS) is 11.2. The number of benzene rings is 2. The third-order valence-electron chi connectivity index (χ3n) is 3.93. The van der Waals surface area contributed by atoms with Crippen LogP contribution >= 0.6 is 23.2 Å². The molecule has 4 rings (SSSR count). The quantitative estimate of drug-likeness (QED) is 0.538. The molecule has 0 amide bonds. The Labute approximate surface area is 147 Å². The van der Waals surface area contributed by atoms with Gasteiger partial charge in [-0.25, -0.2) is 4.98 Å². The molecule has 0 aliphatic rings. The molecule has 0 atom stereocenters. The van der Waals surface area contributed by atoms with Gasteiger partial charge in [-0.15, -0.1) is 0 Å². The van der Waals surface area contributed by atoms with Crippen molar-refractivity contribution in [2.24, 2.45) is 0 Å². The first-order chi connectivity index (χ1) is 11.6. The molecule has 0 saturated heterocycles. The third kappa shape index (κ3) is 2.54. The zero-order valence-electron chi connectivity index (χ0n) is 12.4. The average molecular weight is 356 g/mol. The van der Waals surface area contributed by atoms with E-state index >= 15 is 0 Å². The van der Waals surface area contributed by atoms with Gasteiger partial charge in [0.2, 0.25) is 0 Å². The third-order valence-corrected chi connectivity index (χ3v) is 4.49. The van der Waals surface area contributed by atoms with Gasteiger partial charge < -0.3 is 0 Å². The maximum Gasteiger partial charge on any atom is 0.261 e. The average Bonchev–Trinajstić information content (AvgIpc) is 2.60. The molecule has 0 aliphatic carbocycles.